The molecule has 4 nitrogen and oxygen atoms in total. The topological polar surface area (TPSA) is 42.7 Å². The molecule has 0 saturated carbocycles. The standard InChI is InChI=1S/C17H18N4/c1-14(15-6-5-10-18-12-15)19-13-16-9-11-21(20-16)17-7-3-2-4-8-17/h2-12,14,19H,13H2,1H3. The van der Waals surface area contributed by atoms with Crippen LogP contribution in [0.1, 0.15) is 24.2 Å². The van der Waals surface area contributed by atoms with Gasteiger partial charge in [0.05, 0.1) is 11.4 Å². The summed E-state index contributed by atoms with van der Waals surface area (Å²) in [5.41, 5.74) is 3.28. The predicted octanol–water partition coefficient (Wildman–Crippen LogP) is 3.12. The number of pyridine rings is 1. The molecule has 0 radical (unpaired) electrons. The molecule has 2 heterocycles. The third-order valence-electron chi connectivity index (χ3n) is 3.44. The minimum atomic E-state index is 0.251. The van der Waals surface area contributed by atoms with Crippen molar-refractivity contribution in [3.63, 3.8) is 0 Å². The average molecular weight is 278 g/mol. The molecule has 21 heavy (non-hydrogen) atoms. The molecule has 1 unspecified atom stereocenters. The fraction of sp³-hybridized carbons (Fsp3) is 0.176. The summed E-state index contributed by atoms with van der Waals surface area (Å²) in [7, 11) is 0. The Labute approximate surface area is 124 Å². The van der Waals surface area contributed by atoms with Crippen molar-refractivity contribution in [2.75, 3.05) is 0 Å². The predicted molar refractivity (Wildman–Crippen MR) is 83.1 cm³/mol. The Kier molecular flexibility index (Phi) is 4.07. The number of nitrogens with one attached hydrogen (secondary N) is 1. The van der Waals surface area contributed by atoms with Gasteiger partial charge in [0.15, 0.2) is 0 Å². The molecule has 3 rings (SSSR count). The first-order chi connectivity index (χ1) is 10.3. The van der Waals surface area contributed by atoms with Gasteiger partial charge in [-0.3, -0.25) is 4.98 Å². The second-order valence-electron chi connectivity index (χ2n) is 4.98. The van der Waals surface area contributed by atoms with Crippen molar-refractivity contribution >= 4 is 0 Å². The van der Waals surface area contributed by atoms with E-state index in [1.54, 1.807) is 6.20 Å². The number of benzene rings is 1. The van der Waals surface area contributed by atoms with Crippen molar-refractivity contribution < 1.29 is 0 Å². The summed E-state index contributed by atoms with van der Waals surface area (Å²) in [5.74, 6) is 0. The van der Waals surface area contributed by atoms with Gasteiger partial charge in [-0.25, -0.2) is 4.68 Å². The maximum Gasteiger partial charge on any atom is 0.0767 e. The summed E-state index contributed by atoms with van der Waals surface area (Å²) in [6.07, 6.45) is 5.67. The minimum absolute atomic E-state index is 0.251. The molecule has 0 bridgehead atoms. The fourth-order valence-electron chi connectivity index (χ4n) is 2.19. The molecule has 0 spiro atoms. The highest BCUT2D eigenvalue weighted by atomic mass is 15.3. The molecule has 4 heteroatoms. The molecule has 106 valence electrons. The zero-order chi connectivity index (χ0) is 14.5. The van der Waals surface area contributed by atoms with Crippen molar-refractivity contribution in [2.45, 2.75) is 19.5 Å². The van der Waals surface area contributed by atoms with Crippen LogP contribution in [0.25, 0.3) is 5.69 Å². The Bertz CT molecular complexity index is 676. The Morgan fingerprint density at radius 3 is 2.71 bits per heavy atom. The van der Waals surface area contributed by atoms with Crippen molar-refractivity contribution in [1.82, 2.24) is 20.1 Å². The van der Waals surface area contributed by atoms with Crippen LogP contribution in [0.2, 0.25) is 0 Å². The number of rotatable bonds is 5. The lowest BCUT2D eigenvalue weighted by Gasteiger charge is -2.12. The molecule has 1 N–H and O–H groups in total. The van der Waals surface area contributed by atoms with Gasteiger partial charge in [0.25, 0.3) is 0 Å². The van der Waals surface area contributed by atoms with Gasteiger partial charge in [0.1, 0.15) is 0 Å². The molecule has 0 aliphatic carbocycles. The van der Waals surface area contributed by atoms with E-state index in [1.165, 1.54) is 5.56 Å². The van der Waals surface area contributed by atoms with Crippen molar-refractivity contribution in [2.24, 2.45) is 0 Å². The van der Waals surface area contributed by atoms with Gasteiger partial charge in [-0.2, -0.15) is 5.10 Å². The summed E-state index contributed by atoms with van der Waals surface area (Å²) < 4.78 is 1.89. The van der Waals surface area contributed by atoms with Crippen molar-refractivity contribution in [1.29, 1.82) is 0 Å². The lowest BCUT2D eigenvalue weighted by atomic mass is 10.1. The number of hydrogen-bond donors (Lipinski definition) is 1. The van der Waals surface area contributed by atoms with E-state index in [4.69, 9.17) is 0 Å². The van der Waals surface area contributed by atoms with Gasteiger partial charge < -0.3 is 5.32 Å². The fourth-order valence-corrected chi connectivity index (χ4v) is 2.19. The molecule has 1 aromatic carbocycles. The highest BCUT2D eigenvalue weighted by molar-refractivity contribution is 5.30. The maximum atomic E-state index is 4.58. The van der Waals surface area contributed by atoms with Crippen LogP contribution in [0.3, 0.4) is 0 Å². The minimum Gasteiger partial charge on any atom is -0.304 e. The van der Waals surface area contributed by atoms with Crippen molar-refractivity contribution in [3.05, 3.63) is 78.4 Å². The molecule has 3 aromatic rings. The normalized spacial score (nSPS) is 12.2. The van der Waals surface area contributed by atoms with E-state index in [9.17, 15) is 0 Å². The van der Waals surface area contributed by atoms with E-state index in [1.807, 2.05) is 59.5 Å². The molecule has 0 aliphatic heterocycles. The first kappa shape index (κ1) is 13.5. The maximum absolute atomic E-state index is 4.58. The van der Waals surface area contributed by atoms with Crippen LogP contribution < -0.4 is 5.32 Å². The molecule has 0 fully saturated rings. The lowest BCUT2D eigenvalue weighted by molar-refractivity contribution is 0.563. The smallest absolute Gasteiger partial charge is 0.0767 e. The third-order valence-corrected chi connectivity index (χ3v) is 3.44. The van der Waals surface area contributed by atoms with Gasteiger partial charge >= 0.3 is 0 Å². The average Bonchev–Trinajstić information content (AvgIpc) is 3.03. The molecule has 0 saturated heterocycles. The second-order valence-corrected chi connectivity index (χ2v) is 4.98. The van der Waals surface area contributed by atoms with Gasteiger partial charge in [0.2, 0.25) is 0 Å². The molecular weight excluding hydrogens is 260 g/mol. The van der Waals surface area contributed by atoms with Crippen LogP contribution in [-0.4, -0.2) is 14.8 Å². The van der Waals surface area contributed by atoms with Crippen LogP contribution in [0.4, 0.5) is 0 Å². The number of para-hydroxylation sites is 1. The van der Waals surface area contributed by atoms with E-state index in [-0.39, 0.29) is 6.04 Å². The molecule has 0 amide bonds. The number of nitrogens with zero attached hydrogens (tertiary/aromatic N) is 3. The summed E-state index contributed by atoms with van der Waals surface area (Å²) in [4.78, 5) is 4.14. The van der Waals surface area contributed by atoms with E-state index in [2.05, 4.69) is 28.4 Å². The Balaban J connectivity index is 1.63. The molecule has 1 atom stereocenters. The van der Waals surface area contributed by atoms with Crippen LogP contribution in [0.5, 0.6) is 0 Å². The molecule has 2 aromatic heterocycles. The second kappa shape index (κ2) is 6.33. The zero-order valence-electron chi connectivity index (χ0n) is 12.0. The van der Waals surface area contributed by atoms with Gasteiger partial charge in [0, 0.05) is 31.2 Å². The number of aromatic nitrogens is 3. The van der Waals surface area contributed by atoms with Crippen LogP contribution in [-0.2, 0) is 6.54 Å². The Hall–Kier alpha value is -2.46. The van der Waals surface area contributed by atoms with E-state index < -0.39 is 0 Å². The summed E-state index contributed by atoms with van der Waals surface area (Å²) in [5, 5.41) is 8.05. The quantitative estimate of drug-likeness (QED) is 0.779. The van der Waals surface area contributed by atoms with Gasteiger partial charge in [-0.05, 0) is 36.8 Å². The Morgan fingerprint density at radius 1 is 1.10 bits per heavy atom. The highest BCUT2D eigenvalue weighted by Crippen LogP contribution is 2.11. The molecular formula is C17H18N4. The van der Waals surface area contributed by atoms with E-state index in [0.717, 1.165) is 17.9 Å². The zero-order valence-corrected chi connectivity index (χ0v) is 12.0. The van der Waals surface area contributed by atoms with Crippen LogP contribution in [0.15, 0.2) is 67.1 Å². The monoisotopic (exact) mass is 278 g/mol. The van der Waals surface area contributed by atoms with Crippen LogP contribution in [0, 0.1) is 0 Å². The van der Waals surface area contributed by atoms with E-state index in [0.29, 0.717) is 0 Å². The summed E-state index contributed by atoms with van der Waals surface area (Å²) in [6, 6.07) is 16.4. The van der Waals surface area contributed by atoms with Gasteiger partial charge in [-0.15, -0.1) is 0 Å². The van der Waals surface area contributed by atoms with Crippen molar-refractivity contribution in [3.8, 4) is 5.69 Å². The van der Waals surface area contributed by atoms with E-state index >= 15 is 0 Å². The largest absolute Gasteiger partial charge is 0.304 e. The number of hydrogen-bond acceptors (Lipinski definition) is 3. The summed E-state index contributed by atoms with van der Waals surface area (Å²) in [6.45, 7) is 2.86. The SMILES string of the molecule is CC(NCc1ccn(-c2ccccc2)n1)c1cccnc1. The van der Waals surface area contributed by atoms with Gasteiger partial charge in [-0.1, -0.05) is 24.3 Å². The Morgan fingerprint density at radius 2 is 1.95 bits per heavy atom. The lowest BCUT2D eigenvalue weighted by Crippen LogP contribution is -2.18. The third kappa shape index (κ3) is 3.35. The van der Waals surface area contributed by atoms with Crippen LogP contribution >= 0.6 is 0 Å². The molecule has 0 aliphatic rings. The first-order valence-corrected chi connectivity index (χ1v) is 7.06. The summed E-state index contributed by atoms with van der Waals surface area (Å²) >= 11 is 0. The first-order valence-electron chi connectivity index (χ1n) is 7.06. The highest BCUT2D eigenvalue weighted by Gasteiger charge is 2.06.